The van der Waals surface area contributed by atoms with Crippen LogP contribution in [0.1, 0.15) is 25.3 Å². The lowest BCUT2D eigenvalue weighted by atomic mass is 10.0. The minimum atomic E-state index is -0.529. The van der Waals surface area contributed by atoms with Crippen molar-refractivity contribution < 1.29 is 8.78 Å². The van der Waals surface area contributed by atoms with E-state index >= 15 is 0 Å². The third-order valence-electron chi connectivity index (χ3n) is 3.60. The first kappa shape index (κ1) is 10.6. The van der Waals surface area contributed by atoms with Gasteiger partial charge in [-0.15, -0.1) is 0 Å². The molecule has 15 heavy (non-hydrogen) atoms. The van der Waals surface area contributed by atoms with Gasteiger partial charge in [0.05, 0.1) is 0 Å². The van der Waals surface area contributed by atoms with Gasteiger partial charge in [-0.25, -0.2) is 8.78 Å². The fraction of sp³-hybridized carbons (Fsp3) is 0.500. The minimum absolute atomic E-state index is 0.0351. The van der Waals surface area contributed by atoms with E-state index in [0.717, 1.165) is 6.07 Å². The van der Waals surface area contributed by atoms with Crippen molar-refractivity contribution in [2.45, 2.75) is 19.8 Å². The van der Waals surface area contributed by atoms with Crippen LogP contribution in [0.3, 0.4) is 0 Å². The van der Waals surface area contributed by atoms with Crippen molar-refractivity contribution in [3.05, 3.63) is 35.4 Å². The van der Waals surface area contributed by atoms with Gasteiger partial charge in [-0.05, 0) is 35.4 Å². The summed E-state index contributed by atoms with van der Waals surface area (Å²) in [5.74, 6) is -0.552. The second-order valence-electron chi connectivity index (χ2n) is 4.81. The lowest BCUT2D eigenvalue weighted by Crippen LogP contribution is -2.05. The van der Waals surface area contributed by atoms with Gasteiger partial charge in [0.25, 0.3) is 0 Å². The van der Waals surface area contributed by atoms with Crippen LogP contribution in [-0.4, -0.2) is 6.54 Å². The number of nitrogens with two attached hydrogens (primary N) is 1. The third-order valence-corrected chi connectivity index (χ3v) is 3.60. The van der Waals surface area contributed by atoms with E-state index in [4.69, 9.17) is 5.73 Å². The van der Waals surface area contributed by atoms with E-state index in [1.165, 1.54) is 12.1 Å². The summed E-state index contributed by atoms with van der Waals surface area (Å²) >= 11 is 0. The zero-order chi connectivity index (χ0) is 11.2. The molecule has 2 rings (SSSR count). The molecule has 3 heteroatoms. The van der Waals surface area contributed by atoms with Crippen LogP contribution in [0, 0.1) is 23.0 Å². The fourth-order valence-corrected chi connectivity index (χ4v) is 2.56. The smallest absolute Gasteiger partial charge is 0.129 e. The van der Waals surface area contributed by atoms with Crippen molar-refractivity contribution in [1.82, 2.24) is 0 Å². The lowest BCUT2D eigenvalue weighted by molar-refractivity contribution is 0.544. The van der Waals surface area contributed by atoms with Gasteiger partial charge in [-0.3, -0.25) is 0 Å². The van der Waals surface area contributed by atoms with Gasteiger partial charge in [-0.2, -0.15) is 0 Å². The molecular weight excluding hydrogens is 196 g/mol. The maximum atomic E-state index is 13.5. The molecule has 0 saturated heterocycles. The standard InChI is InChI=1S/C12H15F2N/c1-12(2)9(6-15)11(12)8-4-3-7(13)5-10(8)14/h3-5,9,11H,6,15H2,1-2H3/t9-,11-/m0/s1. The SMILES string of the molecule is CC1(C)[C@@H](CN)[C@@H]1c1ccc(F)cc1F. The van der Waals surface area contributed by atoms with Crippen LogP contribution in [0.5, 0.6) is 0 Å². The largest absolute Gasteiger partial charge is 0.330 e. The van der Waals surface area contributed by atoms with Crippen LogP contribution in [0.4, 0.5) is 8.78 Å². The van der Waals surface area contributed by atoms with Gasteiger partial charge >= 0.3 is 0 Å². The minimum Gasteiger partial charge on any atom is -0.330 e. The molecule has 0 aromatic heterocycles. The summed E-state index contributed by atoms with van der Waals surface area (Å²) in [6.07, 6.45) is 0. The van der Waals surface area contributed by atoms with Crippen molar-refractivity contribution in [2.24, 2.45) is 17.1 Å². The summed E-state index contributed by atoms with van der Waals surface area (Å²) in [4.78, 5) is 0. The monoisotopic (exact) mass is 211 g/mol. The maximum absolute atomic E-state index is 13.5. The molecule has 0 amide bonds. The summed E-state index contributed by atoms with van der Waals surface area (Å²) < 4.78 is 26.3. The molecule has 0 spiro atoms. The van der Waals surface area contributed by atoms with Crippen LogP contribution < -0.4 is 5.73 Å². The van der Waals surface area contributed by atoms with Crippen molar-refractivity contribution in [3.63, 3.8) is 0 Å². The highest BCUT2D eigenvalue weighted by atomic mass is 19.1. The first-order valence-electron chi connectivity index (χ1n) is 5.13. The molecule has 0 unspecified atom stereocenters. The normalized spacial score (nSPS) is 27.8. The summed E-state index contributed by atoms with van der Waals surface area (Å²) in [6.45, 7) is 4.68. The highest BCUT2D eigenvalue weighted by molar-refractivity contribution is 5.33. The summed E-state index contributed by atoms with van der Waals surface area (Å²) in [6, 6.07) is 3.78. The molecule has 2 atom stereocenters. The molecule has 1 fully saturated rings. The molecule has 2 N–H and O–H groups in total. The van der Waals surface area contributed by atoms with Crippen molar-refractivity contribution in [2.75, 3.05) is 6.54 Å². The van der Waals surface area contributed by atoms with E-state index in [0.29, 0.717) is 18.0 Å². The number of halogens is 2. The second-order valence-corrected chi connectivity index (χ2v) is 4.81. The Morgan fingerprint density at radius 3 is 2.47 bits per heavy atom. The molecule has 0 aliphatic heterocycles. The van der Waals surface area contributed by atoms with Gasteiger partial charge in [0.15, 0.2) is 0 Å². The van der Waals surface area contributed by atoms with E-state index in [-0.39, 0.29) is 11.3 Å². The molecule has 0 heterocycles. The molecule has 1 aromatic carbocycles. The number of hydrogen-bond donors (Lipinski definition) is 1. The Morgan fingerprint density at radius 1 is 1.33 bits per heavy atom. The van der Waals surface area contributed by atoms with Crippen LogP contribution in [0.15, 0.2) is 18.2 Å². The molecule has 1 aliphatic rings. The molecule has 1 aliphatic carbocycles. The summed E-state index contributed by atoms with van der Waals surface area (Å²) in [5, 5.41) is 0. The molecule has 1 aromatic rings. The van der Waals surface area contributed by atoms with Crippen molar-refractivity contribution >= 4 is 0 Å². The predicted molar refractivity (Wildman–Crippen MR) is 55.4 cm³/mol. The van der Waals surface area contributed by atoms with Crippen LogP contribution >= 0.6 is 0 Å². The Kier molecular flexibility index (Phi) is 2.30. The van der Waals surface area contributed by atoms with Crippen LogP contribution in [-0.2, 0) is 0 Å². The Hall–Kier alpha value is -0.960. The Morgan fingerprint density at radius 2 is 2.00 bits per heavy atom. The molecule has 82 valence electrons. The highest BCUT2D eigenvalue weighted by Crippen LogP contribution is 2.64. The Bertz CT molecular complexity index is 387. The quantitative estimate of drug-likeness (QED) is 0.799. The van der Waals surface area contributed by atoms with Gasteiger partial charge in [-0.1, -0.05) is 19.9 Å². The first-order valence-corrected chi connectivity index (χ1v) is 5.13. The zero-order valence-electron chi connectivity index (χ0n) is 8.93. The topological polar surface area (TPSA) is 26.0 Å². The third kappa shape index (κ3) is 1.55. The van der Waals surface area contributed by atoms with Gasteiger partial charge in [0.1, 0.15) is 11.6 Å². The van der Waals surface area contributed by atoms with E-state index in [1.54, 1.807) is 0 Å². The van der Waals surface area contributed by atoms with E-state index < -0.39 is 11.6 Å². The zero-order valence-corrected chi connectivity index (χ0v) is 8.93. The average molecular weight is 211 g/mol. The second kappa shape index (κ2) is 3.27. The lowest BCUT2D eigenvalue weighted by Gasteiger charge is -2.04. The first-order chi connectivity index (χ1) is 6.98. The van der Waals surface area contributed by atoms with Crippen LogP contribution in [0.25, 0.3) is 0 Å². The molecule has 0 radical (unpaired) electrons. The van der Waals surface area contributed by atoms with Crippen molar-refractivity contribution in [1.29, 1.82) is 0 Å². The van der Waals surface area contributed by atoms with E-state index in [2.05, 4.69) is 13.8 Å². The van der Waals surface area contributed by atoms with Gasteiger partial charge in [0, 0.05) is 6.07 Å². The summed E-state index contributed by atoms with van der Waals surface area (Å²) in [5.41, 5.74) is 6.25. The predicted octanol–water partition coefficient (Wildman–Crippen LogP) is 2.66. The van der Waals surface area contributed by atoms with Crippen molar-refractivity contribution in [3.8, 4) is 0 Å². The number of benzene rings is 1. The number of hydrogen-bond acceptors (Lipinski definition) is 1. The van der Waals surface area contributed by atoms with E-state index in [9.17, 15) is 8.78 Å². The Labute approximate surface area is 88.3 Å². The Balaban J connectivity index is 2.33. The molecule has 1 saturated carbocycles. The molecule has 0 bridgehead atoms. The molecule has 1 nitrogen and oxygen atoms in total. The maximum Gasteiger partial charge on any atom is 0.129 e. The average Bonchev–Trinajstić information content (AvgIpc) is 2.68. The van der Waals surface area contributed by atoms with Crippen LogP contribution in [0.2, 0.25) is 0 Å². The highest BCUT2D eigenvalue weighted by Gasteiger charge is 2.57. The van der Waals surface area contributed by atoms with Gasteiger partial charge in [0.2, 0.25) is 0 Å². The summed E-state index contributed by atoms with van der Waals surface area (Å²) in [7, 11) is 0. The van der Waals surface area contributed by atoms with E-state index in [1.807, 2.05) is 0 Å². The fourth-order valence-electron chi connectivity index (χ4n) is 2.56. The van der Waals surface area contributed by atoms with Gasteiger partial charge < -0.3 is 5.73 Å². The number of rotatable bonds is 2. The molecular formula is C12H15F2N.